The molecule has 2 aliphatic rings. The second-order valence-electron chi connectivity index (χ2n) is 7.30. The lowest BCUT2D eigenvalue weighted by Crippen LogP contribution is -2.32. The Kier molecular flexibility index (Phi) is 5.76. The van der Waals surface area contributed by atoms with Gasteiger partial charge in [-0.05, 0) is 67.4 Å². The third-order valence-electron chi connectivity index (χ3n) is 5.38. The van der Waals surface area contributed by atoms with E-state index in [1.807, 2.05) is 29.2 Å². The van der Waals surface area contributed by atoms with Crippen molar-refractivity contribution in [2.75, 3.05) is 41.3 Å². The average molecular weight is 395 g/mol. The highest BCUT2D eigenvalue weighted by atomic mass is 32.1. The van der Waals surface area contributed by atoms with Gasteiger partial charge in [0.05, 0.1) is 0 Å². The molecule has 1 amide bonds. The van der Waals surface area contributed by atoms with Crippen LogP contribution in [0.4, 0.5) is 17.1 Å². The molecule has 0 bridgehead atoms. The van der Waals surface area contributed by atoms with Gasteiger partial charge in [0.25, 0.3) is 0 Å². The van der Waals surface area contributed by atoms with Gasteiger partial charge >= 0.3 is 0 Å². The second kappa shape index (κ2) is 8.61. The van der Waals surface area contributed by atoms with E-state index in [2.05, 4.69) is 39.8 Å². The highest BCUT2D eigenvalue weighted by molar-refractivity contribution is 7.80. The van der Waals surface area contributed by atoms with E-state index in [9.17, 15) is 4.79 Å². The Balaban J connectivity index is 1.19. The molecule has 2 aromatic carbocycles. The van der Waals surface area contributed by atoms with Gasteiger partial charge in [-0.3, -0.25) is 4.79 Å². The summed E-state index contributed by atoms with van der Waals surface area (Å²) in [4.78, 5) is 16.1. The minimum Gasteiger partial charge on any atom is -0.371 e. The van der Waals surface area contributed by atoms with E-state index in [0.717, 1.165) is 56.8 Å². The summed E-state index contributed by atoms with van der Waals surface area (Å²) in [6.07, 6.45) is 3.77. The molecular formula is C22H26N4OS. The topological polar surface area (TPSA) is 47.6 Å². The molecule has 2 N–H and O–H groups in total. The number of para-hydroxylation sites is 1. The Morgan fingerprint density at radius 2 is 1.86 bits per heavy atom. The summed E-state index contributed by atoms with van der Waals surface area (Å²) in [5, 5.41) is 7.13. The molecular weight excluding hydrogens is 368 g/mol. The second-order valence-corrected chi connectivity index (χ2v) is 7.70. The molecule has 0 unspecified atom stereocenters. The zero-order valence-corrected chi connectivity index (χ0v) is 16.8. The van der Waals surface area contributed by atoms with E-state index >= 15 is 0 Å². The lowest BCUT2D eigenvalue weighted by molar-refractivity contribution is -0.117. The van der Waals surface area contributed by atoms with Gasteiger partial charge < -0.3 is 20.4 Å². The molecule has 2 heterocycles. The number of nitrogens with zero attached hydrogens (tertiary/aromatic N) is 2. The van der Waals surface area contributed by atoms with Crippen LogP contribution >= 0.6 is 12.2 Å². The van der Waals surface area contributed by atoms with Gasteiger partial charge in [0.1, 0.15) is 0 Å². The molecule has 0 spiro atoms. The third-order valence-corrected chi connectivity index (χ3v) is 5.63. The van der Waals surface area contributed by atoms with Crippen LogP contribution in [-0.2, 0) is 11.2 Å². The third kappa shape index (κ3) is 4.28. The van der Waals surface area contributed by atoms with Crippen molar-refractivity contribution < 1.29 is 4.79 Å². The minimum absolute atomic E-state index is 0.207. The fourth-order valence-electron chi connectivity index (χ4n) is 3.93. The first-order chi connectivity index (χ1) is 13.7. The molecule has 28 heavy (non-hydrogen) atoms. The van der Waals surface area contributed by atoms with Crippen molar-refractivity contribution in [2.45, 2.75) is 25.7 Å². The summed E-state index contributed by atoms with van der Waals surface area (Å²) >= 11 is 5.41. The average Bonchev–Trinajstić information content (AvgIpc) is 3.32. The number of benzene rings is 2. The fourth-order valence-corrected chi connectivity index (χ4v) is 4.15. The number of nitrogens with one attached hydrogen (secondary N) is 2. The maximum Gasteiger partial charge on any atom is 0.227 e. The first-order valence-electron chi connectivity index (χ1n) is 9.99. The maximum absolute atomic E-state index is 11.8. The largest absolute Gasteiger partial charge is 0.371 e. The highest BCUT2D eigenvalue weighted by Gasteiger charge is 2.21. The maximum atomic E-state index is 11.8. The van der Waals surface area contributed by atoms with E-state index in [1.165, 1.54) is 11.3 Å². The molecule has 0 saturated carbocycles. The lowest BCUT2D eigenvalue weighted by Gasteiger charge is -2.20. The van der Waals surface area contributed by atoms with Crippen LogP contribution in [0.5, 0.6) is 0 Å². The summed E-state index contributed by atoms with van der Waals surface area (Å²) in [7, 11) is 0. The minimum atomic E-state index is 0.207. The van der Waals surface area contributed by atoms with Crippen molar-refractivity contribution in [1.29, 1.82) is 0 Å². The number of fused-ring (bicyclic) bond motifs is 1. The first-order valence-corrected chi connectivity index (χ1v) is 10.4. The number of rotatable bonds is 6. The quantitative estimate of drug-likeness (QED) is 0.580. The standard InChI is InChI=1S/C22H26N4OS/c27-21-7-3-15-26(21)19-10-8-18(9-11-19)24-22(28)23-13-4-14-25-16-12-17-5-1-2-6-20(17)25/h1-2,5-6,8-11H,3-4,7,12-16H2,(H2,23,24,28). The molecule has 2 aliphatic heterocycles. The number of hydrogen-bond donors (Lipinski definition) is 2. The van der Waals surface area contributed by atoms with Crippen molar-refractivity contribution in [3.05, 3.63) is 54.1 Å². The lowest BCUT2D eigenvalue weighted by atomic mass is 10.2. The fraction of sp³-hybridized carbons (Fsp3) is 0.364. The van der Waals surface area contributed by atoms with Crippen LogP contribution in [0.15, 0.2) is 48.5 Å². The molecule has 2 aromatic rings. The number of carbonyl (C=O) groups is 1. The van der Waals surface area contributed by atoms with Crippen LogP contribution in [-0.4, -0.2) is 37.2 Å². The van der Waals surface area contributed by atoms with Gasteiger partial charge in [-0.15, -0.1) is 0 Å². The van der Waals surface area contributed by atoms with Gasteiger partial charge in [-0.2, -0.15) is 0 Å². The molecule has 146 valence electrons. The number of thiocarbonyl (C=S) groups is 1. The summed E-state index contributed by atoms with van der Waals surface area (Å²) in [5.41, 5.74) is 4.71. The number of hydrogen-bond acceptors (Lipinski definition) is 3. The Morgan fingerprint density at radius 3 is 2.64 bits per heavy atom. The Hall–Kier alpha value is -2.60. The van der Waals surface area contributed by atoms with Crippen LogP contribution < -0.4 is 20.4 Å². The van der Waals surface area contributed by atoms with E-state index < -0.39 is 0 Å². The monoisotopic (exact) mass is 394 g/mol. The Bertz CT molecular complexity index is 852. The molecule has 5 nitrogen and oxygen atoms in total. The van der Waals surface area contributed by atoms with Gasteiger partial charge in [0.15, 0.2) is 5.11 Å². The van der Waals surface area contributed by atoms with Crippen molar-refractivity contribution in [3.63, 3.8) is 0 Å². The van der Waals surface area contributed by atoms with Crippen molar-refractivity contribution in [1.82, 2.24) is 5.32 Å². The van der Waals surface area contributed by atoms with Crippen molar-refractivity contribution >= 4 is 40.3 Å². The predicted octanol–water partition coefficient (Wildman–Crippen LogP) is 3.55. The molecule has 0 aliphatic carbocycles. The van der Waals surface area contributed by atoms with E-state index in [0.29, 0.717) is 11.5 Å². The van der Waals surface area contributed by atoms with Crippen molar-refractivity contribution in [2.24, 2.45) is 0 Å². The molecule has 1 fully saturated rings. The number of amides is 1. The summed E-state index contributed by atoms with van der Waals surface area (Å²) in [5.74, 6) is 0.207. The molecule has 1 saturated heterocycles. The van der Waals surface area contributed by atoms with Crippen LogP contribution in [0.3, 0.4) is 0 Å². The van der Waals surface area contributed by atoms with Crippen LogP contribution in [0, 0.1) is 0 Å². The number of carbonyl (C=O) groups excluding carboxylic acids is 1. The van der Waals surface area contributed by atoms with Crippen LogP contribution in [0.25, 0.3) is 0 Å². The normalized spacial score (nSPS) is 15.6. The molecule has 6 heteroatoms. The summed E-state index contributed by atoms with van der Waals surface area (Å²) < 4.78 is 0. The Morgan fingerprint density at radius 1 is 1.04 bits per heavy atom. The Labute approximate surface area is 171 Å². The van der Waals surface area contributed by atoms with E-state index in [-0.39, 0.29) is 5.91 Å². The zero-order chi connectivity index (χ0) is 19.3. The highest BCUT2D eigenvalue weighted by Crippen LogP contribution is 2.27. The molecule has 4 rings (SSSR count). The summed E-state index contributed by atoms with van der Waals surface area (Å²) in [6, 6.07) is 16.5. The zero-order valence-electron chi connectivity index (χ0n) is 16.0. The SMILES string of the molecule is O=C1CCCN1c1ccc(NC(=S)NCCCN2CCc3ccccc32)cc1. The molecule has 0 aromatic heterocycles. The van der Waals surface area contributed by atoms with Crippen LogP contribution in [0.2, 0.25) is 0 Å². The molecule has 0 atom stereocenters. The van der Waals surface area contributed by atoms with Gasteiger partial charge in [-0.1, -0.05) is 18.2 Å². The number of anilines is 3. The van der Waals surface area contributed by atoms with Gasteiger partial charge in [0.2, 0.25) is 5.91 Å². The smallest absolute Gasteiger partial charge is 0.227 e. The van der Waals surface area contributed by atoms with Gasteiger partial charge in [-0.25, -0.2) is 0 Å². The van der Waals surface area contributed by atoms with E-state index in [4.69, 9.17) is 12.2 Å². The van der Waals surface area contributed by atoms with Crippen molar-refractivity contribution in [3.8, 4) is 0 Å². The van der Waals surface area contributed by atoms with Gasteiger partial charge in [0, 0.05) is 49.7 Å². The molecule has 0 radical (unpaired) electrons. The predicted molar refractivity (Wildman–Crippen MR) is 119 cm³/mol. The van der Waals surface area contributed by atoms with E-state index in [1.54, 1.807) is 0 Å². The van der Waals surface area contributed by atoms with Crippen LogP contribution in [0.1, 0.15) is 24.8 Å². The first kappa shape index (κ1) is 18.7. The summed E-state index contributed by atoms with van der Waals surface area (Å²) in [6.45, 7) is 3.79.